The minimum Gasteiger partial charge on any atom is -0.368 e. The van der Waals surface area contributed by atoms with Crippen LogP contribution in [0.4, 0.5) is 0 Å². The van der Waals surface area contributed by atoms with Crippen molar-refractivity contribution in [1.29, 1.82) is 0 Å². The fourth-order valence-electron chi connectivity index (χ4n) is 3.99. The molecule has 0 spiro atoms. The van der Waals surface area contributed by atoms with Crippen LogP contribution in [-0.2, 0) is 4.74 Å². The molecule has 0 aromatic carbocycles. The summed E-state index contributed by atoms with van der Waals surface area (Å²) in [5, 5.41) is 3.50. The summed E-state index contributed by atoms with van der Waals surface area (Å²) in [4.78, 5) is 2.54. The van der Waals surface area contributed by atoms with Crippen LogP contribution in [0.2, 0.25) is 0 Å². The van der Waals surface area contributed by atoms with E-state index < -0.39 is 0 Å². The van der Waals surface area contributed by atoms with Gasteiger partial charge in [0.2, 0.25) is 0 Å². The summed E-state index contributed by atoms with van der Waals surface area (Å²) in [6.07, 6.45) is 2.83. The minimum absolute atomic E-state index is 0.0608. The van der Waals surface area contributed by atoms with Gasteiger partial charge in [-0.2, -0.15) is 0 Å². The lowest BCUT2D eigenvalue weighted by Crippen LogP contribution is -2.50. The lowest BCUT2D eigenvalue weighted by atomic mass is 9.82. The van der Waals surface area contributed by atoms with Gasteiger partial charge in [0.25, 0.3) is 0 Å². The normalized spacial score (nSPS) is 34.7. The zero-order valence-electron chi connectivity index (χ0n) is 13.8. The monoisotopic (exact) mass is 268 g/mol. The quantitative estimate of drug-likeness (QED) is 0.829. The maximum Gasteiger partial charge on any atom is 0.0790 e. The predicted molar refractivity (Wildman–Crippen MR) is 80.4 cm³/mol. The Morgan fingerprint density at radius 1 is 1.21 bits per heavy atom. The summed E-state index contributed by atoms with van der Waals surface area (Å²) in [5.41, 5.74) is -0.152. The van der Waals surface area contributed by atoms with Crippen LogP contribution < -0.4 is 5.32 Å². The molecule has 3 nitrogen and oxygen atoms in total. The van der Waals surface area contributed by atoms with Crippen molar-refractivity contribution in [2.24, 2.45) is 11.8 Å². The van der Waals surface area contributed by atoms with Gasteiger partial charge in [-0.25, -0.2) is 0 Å². The van der Waals surface area contributed by atoms with Gasteiger partial charge in [0, 0.05) is 24.5 Å². The highest BCUT2D eigenvalue weighted by atomic mass is 16.5. The van der Waals surface area contributed by atoms with Gasteiger partial charge in [0.15, 0.2) is 0 Å². The number of likely N-dealkylation sites (N-methyl/N-ethyl adjacent to an activating group) is 1. The first-order chi connectivity index (χ1) is 8.69. The molecular formula is C16H32N2O. The van der Waals surface area contributed by atoms with Crippen molar-refractivity contribution in [1.82, 2.24) is 10.2 Å². The molecule has 3 atom stereocenters. The average Bonchev–Trinajstić information content (AvgIpc) is 3.06. The first-order valence-electron chi connectivity index (χ1n) is 7.76. The van der Waals surface area contributed by atoms with Crippen molar-refractivity contribution in [3.8, 4) is 0 Å². The molecule has 0 radical (unpaired) electrons. The lowest BCUT2D eigenvalue weighted by molar-refractivity contribution is -0.0796. The average molecular weight is 268 g/mol. The molecule has 2 aliphatic rings. The molecule has 1 aliphatic carbocycles. The van der Waals surface area contributed by atoms with Crippen LogP contribution in [0.5, 0.6) is 0 Å². The van der Waals surface area contributed by atoms with E-state index in [9.17, 15) is 0 Å². The van der Waals surface area contributed by atoms with E-state index in [1.807, 2.05) is 0 Å². The summed E-state index contributed by atoms with van der Waals surface area (Å²) in [6.45, 7) is 12.4. The highest BCUT2D eigenvalue weighted by molar-refractivity contribution is 5.06. The largest absolute Gasteiger partial charge is 0.368 e. The predicted octanol–water partition coefficient (Wildman–Crippen LogP) is 2.51. The van der Waals surface area contributed by atoms with Crippen LogP contribution in [0.3, 0.4) is 0 Å². The molecule has 3 unspecified atom stereocenters. The maximum atomic E-state index is 6.32. The van der Waals surface area contributed by atoms with Crippen LogP contribution in [-0.4, -0.2) is 48.8 Å². The molecule has 1 aliphatic heterocycles. The fourth-order valence-corrected chi connectivity index (χ4v) is 3.99. The Hall–Kier alpha value is -0.120. The van der Waals surface area contributed by atoms with Crippen molar-refractivity contribution in [2.75, 3.05) is 20.6 Å². The van der Waals surface area contributed by atoms with Gasteiger partial charge >= 0.3 is 0 Å². The molecule has 1 N–H and O–H groups in total. The number of nitrogens with one attached hydrogen (secondary N) is 1. The third kappa shape index (κ3) is 2.98. The smallest absolute Gasteiger partial charge is 0.0790 e. The second-order valence-corrected chi connectivity index (χ2v) is 7.70. The minimum atomic E-state index is -0.0907. The van der Waals surface area contributed by atoms with E-state index in [-0.39, 0.29) is 11.2 Å². The van der Waals surface area contributed by atoms with Gasteiger partial charge in [-0.3, -0.25) is 0 Å². The van der Waals surface area contributed by atoms with E-state index in [4.69, 9.17) is 4.74 Å². The Labute approximate surface area is 119 Å². The number of ether oxygens (including phenoxy) is 1. The van der Waals surface area contributed by atoms with Crippen LogP contribution >= 0.6 is 0 Å². The number of nitrogens with zero attached hydrogens (tertiary/aromatic N) is 1. The molecule has 1 saturated carbocycles. The number of rotatable bonds is 5. The lowest BCUT2D eigenvalue weighted by Gasteiger charge is -2.35. The zero-order chi connectivity index (χ0) is 14.4. The van der Waals surface area contributed by atoms with E-state index in [1.165, 1.54) is 12.8 Å². The van der Waals surface area contributed by atoms with Crippen molar-refractivity contribution < 1.29 is 4.74 Å². The summed E-state index contributed by atoms with van der Waals surface area (Å²) in [7, 11) is 4.34. The van der Waals surface area contributed by atoms with E-state index >= 15 is 0 Å². The Bertz CT molecular complexity index is 323. The SMILES string of the molecule is CNC1C(CN(C)C(C)C2CC2)C(C)(C)OC1(C)C. The van der Waals surface area contributed by atoms with Crippen LogP contribution in [0, 0.1) is 11.8 Å². The van der Waals surface area contributed by atoms with E-state index in [0.29, 0.717) is 18.0 Å². The Balaban J connectivity index is 2.07. The van der Waals surface area contributed by atoms with Gasteiger partial charge in [0.05, 0.1) is 11.2 Å². The summed E-state index contributed by atoms with van der Waals surface area (Å²) < 4.78 is 6.32. The zero-order valence-corrected chi connectivity index (χ0v) is 13.8. The summed E-state index contributed by atoms with van der Waals surface area (Å²) in [6, 6.07) is 1.12. The Morgan fingerprint density at radius 2 is 1.79 bits per heavy atom. The van der Waals surface area contributed by atoms with Crippen molar-refractivity contribution >= 4 is 0 Å². The number of hydrogen-bond donors (Lipinski definition) is 1. The van der Waals surface area contributed by atoms with Gasteiger partial charge in [0.1, 0.15) is 0 Å². The first-order valence-corrected chi connectivity index (χ1v) is 7.76. The van der Waals surface area contributed by atoms with E-state index in [2.05, 4.69) is 58.9 Å². The highest BCUT2D eigenvalue weighted by Crippen LogP contribution is 2.43. The second kappa shape index (κ2) is 5.01. The van der Waals surface area contributed by atoms with Gasteiger partial charge in [-0.05, 0) is 67.5 Å². The topological polar surface area (TPSA) is 24.5 Å². The standard InChI is InChI=1S/C16H32N2O/c1-11(12-8-9-12)18(7)10-13-14(17-6)16(4,5)19-15(13,2)3/h11-14,17H,8-10H2,1-7H3. The van der Waals surface area contributed by atoms with Crippen LogP contribution in [0.15, 0.2) is 0 Å². The molecule has 3 heteroatoms. The molecule has 0 aromatic rings. The van der Waals surface area contributed by atoms with E-state index in [0.717, 1.165) is 12.5 Å². The third-order valence-corrected chi connectivity index (χ3v) is 5.37. The molecule has 2 fully saturated rings. The van der Waals surface area contributed by atoms with Crippen molar-refractivity contribution in [3.05, 3.63) is 0 Å². The highest BCUT2D eigenvalue weighted by Gasteiger charge is 2.53. The molecule has 112 valence electrons. The fraction of sp³-hybridized carbons (Fsp3) is 1.00. The van der Waals surface area contributed by atoms with Crippen LogP contribution in [0.25, 0.3) is 0 Å². The van der Waals surface area contributed by atoms with Crippen molar-refractivity contribution in [2.45, 2.75) is 70.7 Å². The Kier molecular flexibility index (Phi) is 4.03. The molecule has 0 bridgehead atoms. The molecule has 19 heavy (non-hydrogen) atoms. The van der Waals surface area contributed by atoms with Gasteiger partial charge < -0.3 is 15.0 Å². The third-order valence-electron chi connectivity index (χ3n) is 5.37. The van der Waals surface area contributed by atoms with Crippen LogP contribution in [0.1, 0.15) is 47.5 Å². The molecular weight excluding hydrogens is 236 g/mol. The molecule has 1 heterocycles. The molecule has 0 aromatic heterocycles. The number of hydrogen-bond acceptors (Lipinski definition) is 3. The molecule has 0 amide bonds. The van der Waals surface area contributed by atoms with Gasteiger partial charge in [-0.15, -0.1) is 0 Å². The first kappa shape index (κ1) is 15.3. The van der Waals surface area contributed by atoms with Gasteiger partial charge in [-0.1, -0.05) is 0 Å². The summed E-state index contributed by atoms with van der Waals surface area (Å²) in [5.74, 6) is 1.45. The molecule has 1 saturated heterocycles. The van der Waals surface area contributed by atoms with Crippen molar-refractivity contribution in [3.63, 3.8) is 0 Å². The second-order valence-electron chi connectivity index (χ2n) is 7.70. The van der Waals surface area contributed by atoms with E-state index in [1.54, 1.807) is 0 Å². The molecule has 2 rings (SSSR count). The Morgan fingerprint density at radius 3 is 2.26 bits per heavy atom. The summed E-state index contributed by atoms with van der Waals surface area (Å²) >= 11 is 0. The maximum absolute atomic E-state index is 6.32.